The fourth-order valence-corrected chi connectivity index (χ4v) is 1.16. The Bertz CT molecular complexity index is 389. The second kappa shape index (κ2) is 3.67. The van der Waals surface area contributed by atoms with Crippen molar-refractivity contribution in [2.45, 2.75) is 19.4 Å². The summed E-state index contributed by atoms with van der Waals surface area (Å²) in [6, 6.07) is 3.67. The molecule has 2 rings (SSSR count). The van der Waals surface area contributed by atoms with Gasteiger partial charge in [-0.25, -0.2) is 4.98 Å². The maximum absolute atomic E-state index is 9.21. The molecule has 0 bridgehead atoms. The van der Waals surface area contributed by atoms with Crippen molar-refractivity contribution in [1.82, 2.24) is 4.98 Å². The number of oxazole rings is 1. The maximum Gasteiger partial charge on any atom is 0.202 e. The van der Waals surface area contributed by atoms with Crippen LogP contribution in [0.15, 0.2) is 33.4 Å². The van der Waals surface area contributed by atoms with Gasteiger partial charge < -0.3 is 13.9 Å². The zero-order valence-corrected chi connectivity index (χ0v) is 7.80. The topological polar surface area (TPSA) is 59.4 Å². The molecule has 0 aliphatic rings. The lowest BCUT2D eigenvalue weighted by atomic mass is 10.3. The highest BCUT2D eigenvalue weighted by Crippen LogP contribution is 2.15. The van der Waals surface area contributed by atoms with Crippen LogP contribution in [0.25, 0.3) is 0 Å². The summed E-state index contributed by atoms with van der Waals surface area (Å²) >= 11 is 0. The minimum absolute atomic E-state index is 0.478. The average molecular weight is 193 g/mol. The quantitative estimate of drug-likeness (QED) is 0.808. The van der Waals surface area contributed by atoms with Crippen LogP contribution >= 0.6 is 0 Å². The third-order valence-electron chi connectivity index (χ3n) is 1.89. The lowest BCUT2D eigenvalue weighted by Crippen LogP contribution is -1.87. The fourth-order valence-electron chi connectivity index (χ4n) is 1.16. The van der Waals surface area contributed by atoms with Crippen LogP contribution in [0.4, 0.5) is 0 Å². The molecule has 0 amide bonds. The van der Waals surface area contributed by atoms with Crippen LogP contribution < -0.4 is 0 Å². The molecule has 0 aliphatic heterocycles. The van der Waals surface area contributed by atoms with Gasteiger partial charge in [0.15, 0.2) is 5.76 Å². The van der Waals surface area contributed by atoms with Gasteiger partial charge >= 0.3 is 0 Å². The molecule has 0 saturated heterocycles. The first-order valence-corrected chi connectivity index (χ1v) is 4.41. The maximum atomic E-state index is 9.21. The first kappa shape index (κ1) is 9.02. The monoisotopic (exact) mass is 193 g/mol. The van der Waals surface area contributed by atoms with Crippen molar-refractivity contribution in [2.24, 2.45) is 0 Å². The summed E-state index contributed by atoms with van der Waals surface area (Å²) in [5, 5.41) is 9.21. The Labute approximate surface area is 81.2 Å². The number of aliphatic hydroxyl groups is 1. The molecule has 0 fully saturated rings. The Morgan fingerprint density at radius 3 is 3.00 bits per heavy atom. The van der Waals surface area contributed by atoms with E-state index in [1.165, 1.54) is 6.20 Å². The average Bonchev–Trinajstić information content (AvgIpc) is 2.75. The molecule has 74 valence electrons. The minimum Gasteiger partial charge on any atom is -0.469 e. The highest BCUT2D eigenvalue weighted by atomic mass is 16.4. The summed E-state index contributed by atoms with van der Waals surface area (Å²) in [7, 11) is 0. The molecule has 0 spiro atoms. The second-order valence-corrected chi connectivity index (χ2v) is 3.09. The molecule has 0 radical (unpaired) electrons. The van der Waals surface area contributed by atoms with E-state index in [2.05, 4.69) is 4.98 Å². The van der Waals surface area contributed by atoms with Gasteiger partial charge in [0.05, 0.1) is 18.9 Å². The Kier molecular flexibility index (Phi) is 2.37. The van der Waals surface area contributed by atoms with E-state index in [4.69, 9.17) is 8.83 Å². The normalized spacial score (nSPS) is 13.0. The molecule has 0 saturated carbocycles. The van der Waals surface area contributed by atoms with Gasteiger partial charge in [-0.2, -0.15) is 0 Å². The number of hydrogen-bond acceptors (Lipinski definition) is 4. The van der Waals surface area contributed by atoms with Crippen molar-refractivity contribution >= 4 is 0 Å². The molecule has 14 heavy (non-hydrogen) atoms. The minimum atomic E-state index is -0.618. The van der Waals surface area contributed by atoms with Gasteiger partial charge in [0.2, 0.25) is 5.89 Å². The number of hydrogen-bond donors (Lipinski definition) is 1. The van der Waals surface area contributed by atoms with Crippen molar-refractivity contribution in [3.8, 4) is 0 Å². The van der Waals surface area contributed by atoms with Crippen LogP contribution in [-0.4, -0.2) is 10.1 Å². The van der Waals surface area contributed by atoms with E-state index in [1.54, 1.807) is 13.2 Å². The summed E-state index contributed by atoms with van der Waals surface area (Å²) < 4.78 is 10.4. The van der Waals surface area contributed by atoms with Gasteiger partial charge in [0, 0.05) is 0 Å². The lowest BCUT2D eigenvalue weighted by molar-refractivity contribution is 0.167. The highest BCUT2D eigenvalue weighted by molar-refractivity contribution is 5.06. The second-order valence-electron chi connectivity index (χ2n) is 3.09. The first-order valence-electron chi connectivity index (χ1n) is 4.41. The van der Waals surface area contributed by atoms with Crippen LogP contribution in [0, 0.1) is 0 Å². The predicted octanol–water partition coefficient (Wildman–Crippen LogP) is 1.91. The van der Waals surface area contributed by atoms with E-state index in [0.29, 0.717) is 18.1 Å². The standard InChI is InChI=1S/C10H11NO3/c1-7(12)9-6-11-10(14-9)5-8-3-2-4-13-8/h2-4,6-7,12H,5H2,1H3. The molecular formula is C10H11NO3. The Morgan fingerprint density at radius 1 is 1.57 bits per heavy atom. The van der Waals surface area contributed by atoms with Crippen molar-refractivity contribution in [3.05, 3.63) is 42.0 Å². The number of aromatic nitrogens is 1. The van der Waals surface area contributed by atoms with Crippen LogP contribution in [-0.2, 0) is 6.42 Å². The van der Waals surface area contributed by atoms with Crippen molar-refractivity contribution in [2.75, 3.05) is 0 Å². The molecule has 1 N–H and O–H groups in total. The van der Waals surface area contributed by atoms with Gasteiger partial charge in [0.1, 0.15) is 11.9 Å². The molecular weight excluding hydrogens is 182 g/mol. The van der Waals surface area contributed by atoms with E-state index in [9.17, 15) is 5.11 Å². The molecule has 0 aromatic carbocycles. The van der Waals surface area contributed by atoms with E-state index in [-0.39, 0.29) is 0 Å². The van der Waals surface area contributed by atoms with Crippen LogP contribution in [0.2, 0.25) is 0 Å². The van der Waals surface area contributed by atoms with Gasteiger partial charge in [-0.05, 0) is 19.1 Å². The summed E-state index contributed by atoms with van der Waals surface area (Å²) in [6.45, 7) is 1.64. The SMILES string of the molecule is CC(O)c1cnc(Cc2ccco2)o1. The summed E-state index contributed by atoms with van der Waals surface area (Å²) in [6.07, 6.45) is 3.03. The molecule has 1 atom stereocenters. The molecule has 4 nitrogen and oxygen atoms in total. The summed E-state index contributed by atoms with van der Waals surface area (Å²) in [5.41, 5.74) is 0. The molecule has 1 unspecified atom stereocenters. The highest BCUT2D eigenvalue weighted by Gasteiger charge is 2.09. The Morgan fingerprint density at radius 2 is 2.43 bits per heavy atom. The number of rotatable bonds is 3. The van der Waals surface area contributed by atoms with Gasteiger partial charge in [-0.3, -0.25) is 0 Å². The lowest BCUT2D eigenvalue weighted by Gasteiger charge is -1.95. The zero-order chi connectivity index (χ0) is 9.97. The van der Waals surface area contributed by atoms with E-state index < -0.39 is 6.10 Å². The Hall–Kier alpha value is -1.55. The van der Waals surface area contributed by atoms with E-state index in [1.807, 2.05) is 12.1 Å². The molecule has 2 aromatic heterocycles. The molecule has 2 aromatic rings. The van der Waals surface area contributed by atoms with Crippen molar-refractivity contribution in [1.29, 1.82) is 0 Å². The van der Waals surface area contributed by atoms with Crippen LogP contribution in [0.5, 0.6) is 0 Å². The third kappa shape index (κ3) is 1.85. The summed E-state index contributed by atoms with van der Waals surface area (Å²) in [5.74, 6) is 1.83. The summed E-state index contributed by atoms with van der Waals surface area (Å²) in [4.78, 5) is 4.03. The molecule has 2 heterocycles. The molecule has 4 heteroatoms. The zero-order valence-electron chi connectivity index (χ0n) is 7.80. The smallest absolute Gasteiger partial charge is 0.202 e. The van der Waals surface area contributed by atoms with Gasteiger partial charge in [-0.1, -0.05) is 0 Å². The van der Waals surface area contributed by atoms with Crippen LogP contribution in [0.3, 0.4) is 0 Å². The molecule has 0 aliphatic carbocycles. The van der Waals surface area contributed by atoms with Crippen LogP contribution in [0.1, 0.15) is 30.4 Å². The van der Waals surface area contributed by atoms with Crippen molar-refractivity contribution in [3.63, 3.8) is 0 Å². The number of aliphatic hydroxyl groups excluding tert-OH is 1. The van der Waals surface area contributed by atoms with Crippen molar-refractivity contribution < 1.29 is 13.9 Å². The first-order chi connectivity index (χ1) is 6.75. The third-order valence-corrected chi connectivity index (χ3v) is 1.89. The predicted molar refractivity (Wildman–Crippen MR) is 48.7 cm³/mol. The van der Waals surface area contributed by atoms with E-state index >= 15 is 0 Å². The Balaban J connectivity index is 2.11. The van der Waals surface area contributed by atoms with E-state index in [0.717, 1.165) is 5.76 Å². The fraction of sp³-hybridized carbons (Fsp3) is 0.300. The van der Waals surface area contributed by atoms with Gasteiger partial charge in [0.25, 0.3) is 0 Å². The van der Waals surface area contributed by atoms with Gasteiger partial charge in [-0.15, -0.1) is 0 Å². The number of nitrogens with zero attached hydrogens (tertiary/aromatic N) is 1. The number of furan rings is 1. The largest absolute Gasteiger partial charge is 0.469 e.